The monoisotopic (exact) mass is 172 g/mol. The van der Waals surface area contributed by atoms with Crippen molar-refractivity contribution in [1.82, 2.24) is 4.90 Å². The zero-order valence-corrected chi connectivity index (χ0v) is 7.23. The van der Waals surface area contributed by atoms with E-state index < -0.39 is 0 Å². The Morgan fingerprint density at radius 2 is 1.92 bits per heavy atom. The Hall–Kier alpha value is -2.25. The van der Waals surface area contributed by atoms with Crippen LogP contribution in [0.15, 0.2) is 23.9 Å². The molecule has 0 saturated carbocycles. The molecule has 13 heavy (non-hydrogen) atoms. The fraction of sp³-hybridized carbons (Fsp3) is 0.222. The van der Waals surface area contributed by atoms with Crippen molar-refractivity contribution in [3.8, 4) is 18.2 Å². The maximum atomic E-state index is 8.35. The van der Waals surface area contributed by atoms with Crippen molar-refractivity contribution in [2.45, 2.75) is 0 Å². The Morgan fingerprint density at radius 1 is 1.31 bits per heavy atom. The summed E-state index contributed by atoms with van der Waals surface area (Å²) in [6.07, 6.45) is 4.57. The average Bonchev–Trinajstić information content (AvgIpc) is 2.13. The van der Waals surface area contributed by atoms with E-state index in [2.05, 4.69) is 0 Å². The predicted octanol–water partition coefficient (Wildman–Crippen LogP) is 0.929. The quantitative estimate of drug-likeness (QED) is 0.360. The van der Waals surface area contributed by atoms with Gasteiger partial charge in [-0.2, -0.15) is 15.8 Å². The highest BCUT2D eigenvalue weighted by molar-refractivity contribution is 5.37. The molecule has 0 aliphatic carbocycles. The van der Waals surface area contributed by atoms with Crippen molar-refractivity contribution in [2.24, 2.45) is 0 Å². The zero-order valence-electron chi connectivity index (χ0n) is 7.23. The molecule has 0 aliphatic rings. The molecule has 0 rings (SSSR count). The highest BCUT2D eigenvalue weighted by Crippen LogP contribution is 1.91. The van der Waals surface area contributed by atoms with Crippen molar-refractivity contribution in [3.05, 3.63) is 23.9 Å². The molecule has 0 radical (unpaired) electrons. The third-order valence-electron chi connectivity index (χ3n) is 1.16. The van der Waals surface area contributed by atoms with Crippen LogP contribution in [-0.4, -0.2) is 18.5 Å². The normalized spacial score (nSPS) is 8.15. The molecule has 0 saturated heterocycles. The van der Waals surface area contributed by atoms with Crippen LogP contribution in [0.4, 0.5) is 0 Å². The Kier molecular flexibility index (Phi) is 5.34. The van der Waals surface area contributed by atoms with Crippen LogP contribution in [-0.2, 0) is 0 Å². The minimum atomic E-state index is 0.0432. The summed E-state index contributed by atoms with van der Waals surface area (Å²) >= 11 is 0. The average molecular weight is 172 g/mol. The fourth-order valence-corrected chi connectivity index (χ4v) is 0.550. The molecule has 0 aromatic carbocycles. The minimum Gasteiger partial charge on any atom is -0.367 e. The van der Waals surface area contributed by atoms with Gasteiger partial charge in [-0.1, -0.05) is 0 Å². The number of nitriles is 3. The third kappa shape index (κ3) is 5.07. The van der Waals surface area contributed by atoms with Gasteiger partial charge in [-0.3, -0.25) is 0 Å². The zero-order chi connectivity index (χ0) is 10.1. The van der Waals surface area contributed by atoms with Crippen LogP contribution < -0.4 is 0 Å². The van der Waals surface area contributed by atoms with Crippen LogP contribution in [0.3, 0.4) is 0 Å². The molecule has 0 atom stereocenters. The molecule has 0 aromatic rings. The molecule has 0 bridgehead atoms. The van der Waals surface area contributed by atoms with E-state index in [-0.39, 0.29) is 12.1 Å². The van der Waals surface area contributed by atoms with E-state index >= 15 is 0 Å². The minimum absolute atomic E-state index is 0.0432. The molecular weight excluding hydrogens is 164 g/mol. The smallest absolute Gasteiger partial charge is 0.129 e. The van der Waals surface area contributed by atoms with E-state index in [9.17, 15) is 0 Å². The lowest BCUT2D eigenvalue weighted by Gasteiger charge is -2.05. The summed E-state index contributed by atoms with van der Waals surface area (Å²) in [5.74, 6) is 0. The lowest BCUT2D eigenvalue weighted by Crippen LogP contribution is -2.09. The van der Waals surface area contributed by atoms with Gasteiger partial charge in [0.15, 0.2) is 0 Å². The van der Waals surface area contributed by atoms with Gasteiger partial charge < -0.3 is 4.90 Å². The first-order valence-electron chi connectivity index (χ1n) is 3.50. The Labute approximate surface area is 77.2 Å². The summed E-state index contributed by atoms with van der Waals surface area (Å²) in [5.41, 5.74) is 0.0432. The van der Waals surface area contributed by atoms with Gasteiger partial charge in [-0.15, -0.1) is 0 Å². The summed E-state index contributed by atoms with van der Waals surface area (Å²) in [5, 5.41) is 25.0. The second kappa shape index (κ2) is 6.46. The van der Waals surface area contributed by atoms with Crippen molar-refractivity contribution < 1.29 is 0 Å². The molecule has 0 heterocycles. The van der Waals surface area contributed by atoms with Gasteiger partial charge in [0.1, 0.15) is 24.3 Å². The fourth-order valence-electron chi connectivity index (χ4n) is 0.550. The molecular formula is C9H8N4. The van der Waals surface area contributed by atoms with Crippen LogP contribution in [0.5, 0.6) is 0 Å². The van der Waals surface area contributed by atoms with Crippen LogP contribution in [0.25, 0.3) is 0 Å². The van der Waals surface area contributed by atoms with Gasteiger partial charge in [0, 0.05) is 7.05 Å². The van der Waals surface area contributed by atoms with Gasteiger partial charge in [0.2, 0.25) is 0 Å². The second-order valence-electron chi connectivity index (χ2n) is 2.22. The highest BCUT2D eigenvalue weighted by Gasteiger charge is 1.88. The van der Waals surface area contributed by atoms with E-state index in [1.54, 1.807) is 36.4 Å². The van der Waals surface area contributed by atoms with E-state index in [1.165, 1.54) is 6.08 Å². The predicted molar refractivity (Wildman–Crippen MR) is 46.7 cm³/mol. The van der Waals surface area contributed by atoms with Gasteiger partial charge in [-0.05, 0) is 18.4 Å². The SMILES string of the molecule is CN(/C=C/C=C(C#N)C#N)CC#N. The Bertz CT molecular complexity index is 316. The highest BCUT2D eigenvalue weighted by atomic mass is 15.1. The molecule has 4 nitrogen and oxygen atoms in total. The van der Waals surface area contributed by atoms with Crippen LogP contribution >= 0.6 is 0 Å². The standard InChI is InChI=1S/C9H8N4/c1-13(6-4-10)5-2-3-9(7-11)8-12/h2-3,5H,6H2,1H3/b5-2+. The van der Waals surface area contributed by atoms with Crippen LogP contribution in [0.1, 0.15) is 0 Å². The summed E-state index contributed by atoms with van der Waals surface area (Å²) in [4.78, 5) is 1.64. The van der Waals surface area contributed by atoms with Crippen LogP contribution in [0, 0.1) is 34.0 Å². The Morgan fingerprint density at radius 3 is 2.38 bits per heavy atom. The first-order chi connectivity index (χ1) is 6.24. The van der Waals surface area contributed by atoms with Crippen molar-refractivity contribution in [1.29, 1.82) is 15.8 Å². The number of allylic oxidation sites excluding steroid dienone is 3. The first-order valence-corrected chi connectivity index (χ1v) is 3.50. The van der Waals surface area contributed by atoms with Crippen molar-refractivity contribution in [3.63, 3.8) is 0 Å². The topological polar surface area (TPSA) is 74.6 Å². The van der Waals surface area contributed by atoms with E-state index in [4.69, 9.17) is 15.8 Å². The maximum Gasteiger partial charge on any atom is 0.129 e. The molecule has 0 fully saturated rings. The number of rotatable bonds is 3. The number of nitrogens with zero attached hydrogens (tertiary/aromatic N) is 4. The lowest BCUT2D eigenvalue weighted by molar-refractivity contribution is 0.515. The molecule has 0 amide bonds. The molecule has 0 aromatic heterocycles. The van der Waals surface area contributed by atoms with Gasteiger partial charge >= 0.3 is 0 Å². The van der Waals surface area contributed by atoms with Gasteiger partial charge in [0.25, 0.3) is 0 Å². The molecule has 0 unspecified atom stereocenters. The van der Waals surface area contributed by atoms with Gasteiger partial charge in [-0.25, -0.2) is 0 Å². The van der Waals surface area contributed by atoms with Crippen molar-refractivity contribution in [2.75, 3.05) is 13.6 Å². The molecule has 0 spiro atoms. The summed E-state index contributed by atoms with van der Waals surface area (Å²) in [6, 6.07) is 5.40. The molecule has 0 N–H and O–H groups in total. The lowest BCUT2D eigenvalue weighted by atomic mass is 10.3. The summed E-state index contributed by atoms with van der Waals surface area (Å²) in [7, 11) is 1.73. The third-order valence-corrected chi connectivity index (χ3v) is 1.16. The van der Waals surface area contributed by atoms with E-state index in [0.717, 1.165) is 0 Å². The van der Waals surface area contributed by atoms with Crippen molar-refractivity contribution >= 4 is 0 Å². The van der Waals surface area contributed by atoms with E-state index in [1.807, 2.05) is 6.07 Å². The van der Waals surface area contributed by atoms with Gasteiger partial charge in [0.05, 0.1) is 6.07 Å². The largest absolute Gasteiger partial charge is 0.367 e. The van der Waals surface area contributed by atoms with Crippen LogP contribution in [0.2, 0.25) is 0 Å². The maximum absolute atomic E-state index is 8.35. The molecule has 64 valence electrons. The first kappa shape index (κ1) is 10.8. The summed E-state index contributed by atoms with van der Waals surface area (Å²) < 4.78 is 0. The Balaban J connectivity index is 4.18. The number of hydrogen-bond acceptors (Lipinski definition) is 4. The summed E-state index contributed by atoms with van der Waals surface area (Å²) in [6.45, 7) is 0.277. The molecule has 0 aliphatic heterocycles. The number of hydrogen-bond donors (Lipinski definition) is 0. The molecule has 4 heteroatoms. The second-order valence-corrected chi connectivity index (χ2v) is 2.22. The van der Waals surface area contributed by atoms with E-state index in [0.29, 0.717) is 0 Å².